The summed E-state index contributed by atoms with van der Waals surface area (Å²) >= 11 is 5.88. The molecule has 0 aromatic heterocycles. The molecular formula is C15H20ClO3P. The van der Waals surface area contributed by atoms with Crippen LogP contribution in [0.3, 0.4) is 0 Å². The Morgan fingerprint density at radius 1 is 1.30 bits per heavy atom. The number of benzene rings is 1. The predicted octanol–water partition coefficient (Wildman–Crippen LogP) is 4.51. The third-order valence-corrected chi connectivity index (χ3v) is 7.45. The third-order valence-electron chi connectivity index (χ3n) is 3.50. The molecule has 5 heteroatoms. The molecule has 0 fully saturated rings. The number of carbonyl (C=O) groups is 1. The van der Waals surface area contributed by atoms with Crippen LogP contribution in [-0.2, 0) is 14.1 Å². The maximum atomic E-state index is 13.1. The van der Waals surface area contributed by atoms with E-state index in [0.717, 1.165) is 5.56 Å². The van der Waals surface area contributed by atoms with Crippen molar-refractivity contribution in [2.75, 3.05) is 19.4 Å². The first-order valence-corrected chi connectivity index (χ1v) is 9.02. The summed E-state index contributed by atoms with van der Waals surface area (Å²) in [5.41, 5.74) is 0.515. The average molecular weight is 315 g/mol. The molecule has 0 saturated carbocycles. The Morgan fingerprint density at radius 3 is 2.20 bits per heavy atom. The topological polar surface area (TPSA) is 43.4 Å². The van der Waals surface area contributed by atoms with Crippen LogP contribution < -0.4 is 0 Å². The first-order valence-electron chi connectivity index (χ1n) is 6.50. The van der Waals surface area contributed by atoms with Gasteiger partial charge in [-0.2, -0.15) is 0 Å². The number of ether oxygens (including phenoxy) is 1. The lowest BCUT2D eigenvalue weighted by Crippen LogP contribution is -2.15. The molecular weight excluding hydrogens is 295 g/mol. The highest BCUT2D eigenvalue weighted by atomic mass is 35.5. The minimum absolute atomic E-state index is 0.238. The number of rotatable bonds is 6. The average Bonchev–Trinajstić information content (AvgIpc) is 2.48. The van der Waals surface area contributed by atoms with E-state index in [9.17, 15) is 9.36 Å². The summed E-state index contributed by atoms with van der Waals surface area (Å²) in [6, 6.07) is 7.03. The van der Waals surface area contributed by atoms with Crippen molar-refractivity contribution in [3.63, 3.8) is 0 Å². The van der Waals surface area contributed by atoms with Gasteiger partial charge in [-0.15, -0.1) is 0 Å². The number of hydrogen-bond donors (Lipinski definition) is 0. The maximum Gasteiger partial charge on any atom is 0.334 e. The second kappa shape index (κ2) is 7.10. The summed E-state index contributed by atoms with van der Waals surface area (Å²) in [6.45, 7) is 7.55. The fourth-order valence-electron chi connectivity index (χ4n) is 2.23. The van der Waals surface area contributed by atoms with Gasteiger partial charge in [0.25, 0.3) is 0 Å². The standard InChI is InChI=1S/C15H20ClO3P/c1-5-20(18,6-2)14(11(3)15(17)19-4)12-7-9-13(16)10-8-12/h7-10,14H,3,5-6H2,1-2,4H3/t14-/m0/s1. The zero-order valence-electron chi connectivity index (χ0n) is 12.1. The molecule has 0 aliphatic heterocycles. The van der Waals surface area contributed by atoms with Gasteiger partial charge >= 0.3 is 5.97 Å². The van der Waals surface area contributed by atoms with E-state index in [-0.39, 0.29) is 5.57 Å². The molecule has 0 amide bonds. The lowest BCUT2D eigenvalue weighted by molar-refractivity contribution is -0.136. The summed E-state index contributed by atoms with van der Waals surface area (Å²) < 4.78 is 17.8. The van der Waals surface area contributed by atoms with Crippen molar-refractivity contribution in [2.45, 2.75) is 19.5 Å². The molecule has 1 aromatic carbocycles. The van der Waals surface area contributed by atoms with E-state index in [1.54, 1.807) is 24.3 Å². The van der Waals surface area contributed by atoms with Gasteiger partial charge in [0.05, 0.1) is 19.9 Å². The van der Waals surface area contributed by atoms with Crippen LogP contribution in [0.25, 0.3) is 0 Å². The van der Waals surface area contributed by atoms with Crippen LogP contribution in [0, 0.1) is 0 Å². The van der Waals surface area contributed by atoms with Crippen LogP contribution in [0.2, 0.25) is 5.02 Å². The molecule has 0 aliphatic carbocycles. The zero-order chi connectivity index (χ0) is 15.3. The molecule has 0 aliphatic rings. The summed E-state index contributed by atoms with van der Waals surface area (Å²) in [4.78, 5) is 11.8. The molecule has 1 atom stereocenters. The van der Waals surface area contributed by atoms with Gasteiger partial charge in [0.1, 0.15) is 0 Å². The summed E-state index contributed by atoms with van der Waals surface area (Å²) in [7, 11) is -1.29. The molecule has 1 rings (SSSR count). The molecule has 0 bridgehead atoms. The SMILES string of the molecule is C=C(C(=O)OC)[C@@H](c1ccc(Cl)cc1)P(=O)(CC)CC. The van der Waals surface area contributed by atoms with Crippen LogP contribution in [0.15, 0.2) is 36.4 Å². The second-order valence-corrected chi connectivity index (χ2v) is 8.68. The van der Waals surface area contributed by atoms with E-state index >= 15 is 0 Å². The highest BCUT2D eigenvalue weighted by Gasteiger charge is 2.36. The quantitative estimate of drug-likeness (QED) is 0.440. The highest BCUT2D eigenvalue weighted by molar-refractivity contribution is 7.64. The van der Waals surface area contributed by atoms with Gasteiger partial charge in [-0.05, 0) is 30.0 Å². The van der Waals surface area contributed by atoms with Crippen molar-refractivity contribution in [2.24, 2.45) is 0 Å². The molecule has 110 valence electrons. The van der Waals surface area contributed by atoms with Gasteiger partial charge in [-0.3, -0.25) is 0 Å². The van der Waals surface area contributed by atoms with E-state index in [1.807, 2.05) is 13.8 Å². The summed E-state index contributed by atoms with van der Waals surface area (Å²) in [6.07, 6.45) is 1.01. The first-order chi connectivity index (χ1) is 9.39. The molecule has 0 radical (unpaired) electrons. The number of hydrogen-bond acceptors (Lipinski definition) is 3. The number of esters is 1. The molecule has 3 nitrogen and oxygen atoms in total. The van der Waals surface area contributed by atoms with Crippen LogP contribution >= 0.6 is 18.7 Å². The molecule has 0 spiro atoms. The van der Waals surface area contributed by atoms with Gasteiger partial charge in [-0.1, -0.05) is 44.2 Å². The Morgan fingerprint density at radius 2 is 1.80 bits per heavy atom. The van der Waals surface area contributed by atoms with E-state index in [2.05, 4.69) is 6.58 Å². The molecule has 0 unspecified atom stereocenters. The van der Waals surface area contributed by atoms with Gasteiger partial charge in [0.2, 0.25) is 0 Å². The van der Waals surface area contributed by atoms with Crippen molar-refractivity contribution in [1.29, 1.82) is 0 Å². The first kappa shape index (κ1) is 17.0. The minimum atomic E-state index is -2.59. The van der Waals surface area contributed by atoms with Crippen LogP contribution in [-0.4, -0.2) is 25.4 Å². The van der Waals surface area contributed by atoms with Gasteiger partial charge < -0.3 is 9.30 Å². The van der Waals surface area contributed by atoms with E-state index in [4.69, 9.17) is 16.3 Å². The minimum Gasteiger partial charge on any atom is -0.466 e. The monoisotopic (exact) mass is 314 g/mol. The Balaban J connectivity index is 3.34. The molecule has 0 saturated heterocycles. The van der Waals surface area contributed by atoms with Crippen molar-refractivity contribution >= 4 is 24.7 Å². The number of methoxy groups -OCH3 is 1. The Bertz CT molecular complexity index is 529. The number of carbonyl (C=O) groups excluding carboxylic acids is 1. The van der Waals surface area contributed by atoms with Gasteiger partial charge in [-0.25, -0.2) is 4.79 Å². The normalized spacial score (nSPS) is 12.8. The Labute approximate surface area is 125 Å². The maximum absolute atomic E-state index is 13.1. The third kappa shape index (κ3) is 3.53. The van der Waals surface area contributed by atoms with E-state index < -0.39 is 18.8 Å². The predicted molar refractivity (Wildman–Crippen MR) is 84.0 cm³/mol. The summed E-state index contributed by atoms with van der Waals surface area (Å²) in [5.74, 6) is -0.521. The number of halogens is 1. The molecule has 1 aromatic rings. The largest absolute Gasteiger partial charge is 0.466 e. The van der Waals surface area contributed by atoms with Crippen molar-refractivity contribution < 1.29 is 14.1 Å². The van der Waals surface area contributed by atoms with E-state index in [1.165, 1.54) is 7.11 Å². The molecule has 0 N–H and O–H groups in total. The van der Waals surface area contributed by atoms with Crippen LogP contribution in [0.4, 0.5) is 0 Å². The van der Waals surface area contributed by atoms with E-state index in [0.29, 0.717) is 17.3 Å². The Hall–Kier alpha value is -1.05. The van der Waals surface area contributed by atoms with Crippen LogP contribution in [0.5, 0.6) is 0 Å². The molecule has 0 heterocycles. The highest BCUT2D eigenvalue weighted by Crippen LogP contribution is 2.61. The second-order valence-electron chi connectivity index (χ2n) is 4.56. The lowest BCUT2D eigenvalue weighted by atomic mass is 10.1. The smallest absolute Gasteiger partial charge is 0.334 e. The Kier molecular flexibility index (Phi) is 6.04. The molecule has 20 heavy (non-hydrogen) atoms. The van der Waals surface area contributed by atoms with Gasteiger partial charge in [0.15, 0.2) is 0 Å². The van der Waals surface area contributed by atoms with Crippen molar-refractivity contribution in [1.82, 2.24) is 0 Å². The van der Waals surface area contributed by atoms with Crippen LogP contribution in [0.1, 0.15) is 25.1 Å². The van der Waals surface area contributed by atoms with Crippen molar-refractivity contribution in [3.8, 4) is 0 Å². The zero-order valence-corrected chi connectivity index (χ0v) is 13.7. The van der Waals surface area contributed by atoms with Crippen molar-refractivity contribution in [3.05, 3.63) is 47.0 Å². The summed E-state index contributed by atoms with van der Waals surface area (Å²) in [5, 5.41) is 0.596. The fraction of sp³-hybridized carbons (Fsp3) is 0.400. The van der Waals surface area contributed by atoms with Gasteiger partial charge in [0, 0.05) is 10.6 Å². The fourth-order valence-corrected chi connectivity index (χ4v) is 4.93. The lowest BCUT2D eigenvalue weighted by Gasteiger charge is -2.27.